The number of aromatic nitrogens is 2. The van der Waals surface area contributed by atoms with E-state index in [0.29, 0.717) is 22.4 Å². The number of nitrogens with zero attached hydrogens (tertiary/aromatic N) is 2. The molecule has 1 fully saturated rings. The van der Waals surface area contributed by atoms with Crippen molar-refractivity contribution < 1.29 is 4.79 Å². The van der Waals surface area contributed by atoms with E-state index < -0.39 is 0 Å². The fraction of sp³-hybridized carbons (Fsp3) is 0.423. The van der Waals surface area contributed by atoms with Crippen LogP contribution in [0.1, 0.15) is 57.7 Å². The molecule has 1 heterocycles. The number of carbonyl (C=O) groups is 1. The molecule has 0 saturated heterocycles. The fourth-order valence-electron chi connectivity index (χ4n) is 4.72. The van der Waals surface area contributed by atoms with Gasteiger partial charge in [0.2, 0.25) is 5.91 Å². The minimum Gasteiger partial charge on any atom is -0.326 e. The Morgan fingerprint density at radius 1 is 1.10 bits per heavy atom. The van der Waals surface area contributed by atoms with Gasteiger partial charge in [-0.1, -0.05) is 44.4 Å². The van der Waals surface area contributed by atoms with Crippen molar-refractivity contribution in [2.24, 2.45) is 11.8 Å². The summed E-state index contributed by atoms with van der Waals surface area (Å²) in [5.41, 5.74) is 2.02. The van der Waals surface area contributed by atoms with E-state index in [9.17, 15) is 9.59 Å². The molecular weight excluding hydrogens is 386 g/mol. The van der Waals surface area contributed by atoms with Crippen LogP contribution in [0.3, 0.4) is 0 Å². The fourth-order valence-corrected chi connectivity index (χ4v) is 4.72. The second-order valence-corrected chi connectivity index (χ2v) is 8.72. The number of rotatable bonds is 6. The molecule has 0 atom stereocenters. The molecule has 0 bridgehead atoms. The van der Waals surface area contributed by atoms with Crippen LogP contribution in [0, 0.1) is 18.8 Å². The summed E-state index contributed by atoms with van der Waals surface area (Å²) in [6.07, 6.45) is 8.05. The maximum absolute atomic E-state index is 13.1. The third-order valence-electron chi connectivity index (χ3n) is 6.50. The monoisotopic (exact) mass is 417 g/mol. The average molecular weight is 418 g/mol. The second-order valence-electron chi connectivity index (χ2n) is 8.72. The molecule has 1 aliphatic rings. The number of anilines is 1. The van der Waals surface area contributed by atoms with Gasteiger partial charge in [-0.25, -0.2) is 4.98 Å². The van der Waals surface area contributed by atoms with Gasteiger partial charge in [-0.15, -0.1) is 0 Å². The summed E-state index contributed by atoms with van der Waals surface area (Å²) >= 11 is 0. The number of hydrogen-bond donors (Lipinski definition) is 1. The highest BCUT2D eigenvalue weighted by Gasteiger charge is 2.26. The van der Waals surface area contributed by atoms with Crippen molar-refractivity contribution in [3.05, 3.63) is 64.7 Å². The van der Waals surface area contributed by atoms with Gasteiger partial charge >= 0.3 is 0 Å². The van der Waals surface area contributed by atoms with Gasteiger partial charge < -0.3 is 5.32 Å². The molecule has 0 radical (unpaired) electrons. The predicted octanol–water partition coefficient (Wildman–Crippen LogP) is 5.63. The molecule has 31 heavy (non-hydrogen) atoms. The van der Waals surface area contributed by atoms with Gasteiger partial charge in [-0.2, -0.15) is 0 Å². The lowest BCUT2D eigenvalue weighted by Crippen LogP contribution is -2.27. The molecule has 5 nitrogen and oxygen atoms in total. The van der Waals surface area contributed by atoms with Gasteiger partial charge in [-0.05, 0) is 68.9 Å². The minimum absolute atomic E-state index is 0.0772. The summed E-state index contributed by atoms with van der Waals surface area (Å²) in [5, 5.41) is 3.67. The standard InChI is InChI=1S/C26H31N3O2/c1-3-4-8-19-13-15-20(16-14-19)25(30)28-21-9-7-10-22(17-21)29-18(2)27-24-12-6-5-11-23(24)26(29)31/h5-7,9-12,17,19-20H,3-4,8,13-16H2,1-2H3,(H,28,30). The minimum atomic E-state index is -0.100. The van der Waals surface area contributed by atoms with E-state index in [2.05, 4.69) is 17.2 Å². The lowest BCUT2D eigenvalue weighted by Gasteiger charge is -2.27. The SMILES string of the molecule is CCCCC1CCC(C(=O)Nc2cccc(-n3c(C)nc4ccccc4c3=O)c2)CC1. The first-order valence-electron chi connectivity index (χ1n) is 11.5. The lowest BCUT2D eigenvalue weighted by molar-refractivity contribution is -0.121. The summed E-state index contributed by atoms with van der Waals surface area (Å²) < 4.78 is 1.61. The van der Waals surface area contributed by atoms with Crippen LogP contribution < -0.4 is 10.9 Å². The Hall–Kier alpha value is -2.95. The van der Waals surface area contributed by atoms with Crippen molar-refractivity contribution in [2.45, 2.75) is 58.8 Å². The molecule has 1 amide bonds. The first-order chi connectivity index (χ1) is 15.1. The van der Waals surface area contributed by atoms with Crippen LogP contribution >= 0.6 is 0 Å². The number of nitrogens with one attached hydrogen (secondary N) is 1. The average Bonchev–Trinajstić information content (AvgIpc) is 2.78. The first-order valence-corrected chi connectivity index (χ1v) is 11.5. The number of carbonyl (C=O) groups excluding carboxylic acids is 1. The number of unbranched alkanes of at least 4 members (excludes halogenated alkanes) is 1. The quantitative estimate of drug-likeness (QED) is 0.565. The Labute approximate surface area is 183 Å². The summed E-state index contributed by atoms with van der Waals surface area (Å²) in [7, 11) is 0. The largest absolute Gasteiger partial charge is 0.326 e. The molecule has 1 N–H and O–H groups in total. The van der Waals surface area contributed by atoms with Crippen molar-refractivity contribution in [3.63, 3.8) is 0 Å². The molecule has 162 valence electrons. The van der Waals surface area contributed by atoms with E-state index in [1.165, 1.54) is 19.3 Å². The molecule has 5 heteroatoms. The third kappa shape index (κ3) is 4.71. The zero-order valence-electron chi connectivity index (χ0n) is 18.4. The molecule has 1 aromatic heterocycles. The van der Waals surface area contributed by atoms with E-state index in [4.69, 9.17) is 0 Å². The van der Waals surface area contributed by atoms with Gasteiger partial charge in [0.05, 0.1) is 16.6 Å². The summed E-state index contributed by atoms with van der Waals surface area (Å²) in [5.74, 6) is 1.57. The maximum atomic E-state index is 13.1. The zero-order chi connectivity index (χ0) is 21.8. The molecule has 3 aromatic rings. The number of aryl methyl sites for hydroxylation is 1. The Morgan fingerprint density at radius 3 is 2.65 bits per heavy atom. The number of fused-ring (bicyclic) bond motifs is 1. The van der Waals surface area contributed by atoms with E-state index in [-0.39, 0.29) is 17.4 Å². The predicted molar refractivity (Wildman–Crippen MR) is 126 cm³/mol. The second kappa shape index (κ2) is 9.46. The third-order valence-corrected chi connectivity index (χ3v) is 6.50. The molecule has 0 spiro atoms. The number of hydrogen-bond acceptors (Lipinski definition) is 3. The van der Waals surface area contributed by atoms with Crippen molar-refractivity contribution in [1.29, 1.82) is 0 Å². The van der Waals surface area contributed by atoms with Gasteiger partial charge in [-0.3, -0.25) is 14.2 Å². The first kappa shape index (κ1) is 21.3. The molecule has 2 aromatic carbocycles. The van der Waals surface area contributed by atoms with Crippen LogP contribution in [0.15, 0.2) is 53.3 Å². The van der Waals surface area contributed by atoms with Gasteiger partial charge in [0, 0.05) is 11.6 Å². The lowest BCUT2D eigenvalue weighted by atomic mass is 9.79. The van der Waals surface area contributed by atoms with E-state index in [0.717, 1.165) is 37.3 Å². The molecular formula is C26H31N3O2. The van der Waals surface area contributed by atoms with Crippen molar-refractivity contribution >= 4 is 22.5 Å². The van der Waals surface area contributed by atoms with Crippen LogP contribution in [0.2, 0.25) is 0 Å². The van der Waals surface area contributed by atoms with Crippen LogP contribution in [0.5, 0.6) is 0 Å². The number of para-hydroxylation sites is 1. The van der Waals surface area contributed by atoms with E-state index in [1.54, 1.807) is 10.6 Å². The summed E-state index contributed by atoms with van der Waals surface area (Å²) in [6, 6.07) is 14.8. The summed E-state index contributed by atoms with van der Waals surface area (Å²) in [4.78, 5) is 30.5. The molecule has 4 rings (SSSR count). The zero-order valence-corrected chi connectivity index (χ0v) is 18.4. The van der Waals surface area contributed by atoms with Crippen molar-refractivity contribution in [3.8, 4) is 5.69 Å². The van der Waals surface area contributed by atoms with E-state index >= 15 is 0 Å². The van der Waals surface area contributed by atoms with Crippen molar-refractivity contribution in [1.82, 2.24) is 9.55 Å². The maximum Gasteiger partial charge on any atom is 0.265 e. The molecule has 0 unspecified atom stereocenters. The molecule has 1 saturated carbocycles. The van der Waals surface area contributed by atoms with Gasteiger partial charge in [0.1, 0.15) is 5.82 Å². The van der Waals surface area contributed by atoms with Gasteiger partial charge in [0.15, 0.2) is 0 Å². The Balaban J connectivity index is 1.50. The Bertz CT molecular complexity index is 1130. The number of amides is 1. The summed E-state index contributed by atoms with van der Waals surface area (Å²) in [6.45, 7) is 4.06. The van der Waals surface area contributed by atoms with Crippen molar-refractivity contribution in [2.75, 3.05) is 5.32 Å². The number of benzene rings is 2. The van der Waals surface area contributed by atoms with Crippen LogP contribution in [0.25, 0.3) is 16.6 Å². The van der Waals surface area contributed by atoms with Crippen LogP contribution in [-0.2, 0) is 4.79 Å². The molecule has 0 aliphatic heterocycles. The highest BCUT2D eigenvalue weighted by molar-refractivity contribution is 5.92. The Kier molecular flexibility index (Phi) is 6.50. The highest BCUT2D eigenvalue weighted by atomic mass is 16.2. The highest BCUT2D eigenvalue weighted by Crippen LogP contribution is 2.32. The van der Waals surface area contributed by atoms with Crippen LogP contribution in [0.4, 0.5) is 5.69 Å². The van der Waals surface area contributed by atoms with Gasteiger partial charge in [0.25, 0.3) is 5.56 Å². The Morgan fingerprint density at radius 2 is 1.87 bits per heavy atom. The smallest absolute Gasteiger partial charge is 0.265 e. The van der Waals surface area contributed by atoms with E-state index in [1.807, 2.05) is 49.4 Å². The molecule has 1 aliphatic carbocycles. The topological polar surface area (TPSA) is 64.0 Å². The normalized spacial score (nSPS) is 18.8. The van der Waals surface area contributed by atoms with Crippen LogP contribution in [-0.4, -0.2) is 15.5 Å².